The highest BCUT2D eigenvalue weighted by Crippen LogP contribution is 2.29. The highest BCUT2D eigenvalue weighted by atomic mass is 16.6. The number of nitro benzene ring substituents is 1. The Labute approximate surface area is 158 Å². The number of piperidine rings is 1. The van der Waals surface area contributed by atoms with E-state index >= 15 is 0 Å². The average molecular weight is 366 g/mol. The molecule has 27 heavy (non-hydrogen) atoms. The monoisotopic (exact) mass is 366 g/mol. The molecule has 6 nitrogen and oxygen atoms in total. The molecule has 0 atom stereocenters. The van der Waals surface area contributed by atoms with Crippen LogP contribution in [0.25, 0.3) is 6.08 Å². The molecule has 1 saturated heterocycles. The lowest BCUT2D eigenvalue weighted by Crippen LogP contribution is -2.34. The number of amides is 1. The van der Waals surface area contributed by atoms with Crippen molar-refractivity contribution in [2.24, 2.45) is 0 Å². The van der Waals surface area contributed by atoms with Gasteiger partial charge >= 0.3 is 5.69 Å². The molecule has 1 aliphatic rings. The number of likely N-dealkylation sites (tertiary alicyclic amines) is 1. The normalized spacial score (nSPS) is 14.3. The maximum Gasteiger partial charge on any atom is 0.311 e. The van der Waals surface area contributed by atoms with E-state index in [4.69, 9.17) is 4.74 Å². The molecular weight excluding hydrogens is 344 g/mol. The topological polar surface area (TPSA) is 72.7 Å². The number of hydrogen-bond donors (Lipinski definition) is 0. The van der Waals surface area contributed by atoms with Gasteiger partial charge in [0.15, 0.2) is 5.75 Å². The molecule has 0 bridgehead atoms. The minimum absolute atomic E-state index is 0.0539. The number of nitrogens with zero attached hydrogens (tertiary/aromatic N) is 2. The molecule has 1 heterocycles. The number of carbonyl (C=O) groups is 1. The van der Waals surface area contributed by atoms with Crippen LogP contribution in [0.5, 0.6) is 5.75 Å². The van der Waals surface area contributed by atoms with Gasteiger partial charge in [-0.05, 0) is 42.5 Å². The lowest BCUT2D eigenvalue weighted by molar-refractivity contribution is -0.386. The van der Waals surface area contributed by atoms with Gasteiger partial charge in [-0.1, -0.05) is 36.4 Å². The van der Waals surface area contributed by atoms with E-state index in [1.807, 2.05) is 35.2 Å². The summed E-state index contributed by atoms with van der Waals surface area (Å²) in [5.74, 6) is 0.158. The van der Waals surface area contributed by atoms with Gasteiger partial charge in [-0.25, -0.2) is 0 Å². The van der Waals surface area contributed by atoms with E-state index in [2.05, 4.69) is 0 Å². The van der Waals surface area contributed by atoms with Crippen LogP contribution in [0, 0.1) is 10.1 Å². The molecule has 2 aromatic rings. The fraction of sp³-hybridized carbons (Fsp3) is 0.286. The zero-order valence-corrected chi connectivity index (χ0v) is 15.0. The number of rotatable bonds is 6. The van der Waals surface area contributed by atoms with Gasteiger partial charge in [0.2, 0.25) is 5.91 Å². The standard InChI is InChI=1S/C21H22N2O4/c24-21(22-13-5-2-6-14-22)12-10-17-9-11-20(19(15-17)23(25)26)27-16-18-7-3-1-4-8-18/h1,3-4,7-12,15H,2,5-6,13-14,16H2. The van der Waals surface area contributed by atoms with Crippen molar-refractivity contribution in [1.82, 2.24) is 4.90 Å². The lowest BCUT2D eigenvalue weighted by Gasteiger charge is -2.25. The third-order valence-electron chi connectivity index (χ3n) is 4.50. The quantitative estimate of drug-likeness (QED) is 0.436. The fourth-order valence-corrected chi connectivity index (χ4v) is 3.03. The first kappa shape index (κ1) is 18.6. The lowest BCUT2D eigenvalue weighted by atomic mass is 10.1. The van der Waals surface area contributed by atoms with Crippen LogP contribution < -0.4 is 4.74 Å². The number of hydrogen-bond acceptors (Lipinski definition) is 4. The molecule has 0 radical (unpaired) electrons. The predicted molar refractivity (Wildman–Crippen MR) is 103 cm³/mol. The van der Waals surface area contributed by atoms with Crippen LogP contribution in [-0.2, 0) is 11.4 Å². The van der Waals surface area contributed by atoms with Gasteiger partial charge in [0.25, 0.3) is 0 Å². The van der Waals surface area contributed by atoms with Crippen molar-refractivity contribution in [3.63, 3.8) is 0 Å². The van der Waals surface area contributed by atoms with Crippen LogP contribution in [0.1, 0.15) is 30.4 Å². The van der Waals surface area contributed by atoms with Crippen LogP contribution >= 0.6 is 0 Å². The van der Waals surface area contributed by atoms with Crippen LogP contribution in [0.4, 0.5) is 5.69 Å². The molecule has 1 fully saturated rings. The van der Waals surface area contributed by atoms with E-state index in [0.717, 1.165) is 37.9 Å². The minimum Gasteiger partial charge on any atom is -0.482 e. The summed E-state index contributed by atoms with van der Waals surface area (Å²) in [5.41, 5.74) is 1.42. The Morgan fingerprint density at radius 2 is 1.85 bits per heavy atom. The molecule has 3 rings (SSSR count). The number of carbonyl (C=O) groups excluding carboxylic acids is 1. The maximum atomic E-state index is 12.2. The molecule has 0 N–H and O–H groups in total. The van der Waals surface area contributed by atoms with Gasteiger partial charge in [-0.3, -0.25) is 14.9 Å². The van der Waals surface area contributed by atoms with Crippen LogP contribution in [0.15, 0.2) is 54.6 Å². The molecule has 0 aliphatic carbocycles. The second-order valence-corrected chi connectivity index (χ2v) is 6.48. The van der Waals surface area contributed by atoms with E-state index in [1.165, 1.54) is 12.1 Å². The minimum atomic E-state index is -0.468. The summed E-state index contributed by atoms with van der Waals surface area (Å²) in [5, 5.41) is 11.4. The largest absolute Gasteiger partial charge is 0.482 e. The molecule has 2 aromatic carbocycles. The molecule has 0 aromatic heterocycles. The van der Waals surface area contributed by atoms with Crippen molar-refractivity contribution in [3.05, 3.63) is 75.8 Å². The molecule has 0 spiro atoms. The number of nitro groups is 1. The smallest absolute Gasteiger partial charge is 0.311 e. The second kappa shape index (κ2) is 8.98. The molecule has 6 heteroatoms. The SMILES string of the molecule is O=C(C=Cc1ccc(OCc2ccccc2)c([N+](=O)[O-])c1)N1CCCCC1. The maximum absolute atomic E-state index is 12.2. The Kier molecular flexibility index (Phi) is 6.20. The number of ether oxygens (including phenoxy) is 1. The van der Waals surface area contributed by atoms with Crippen LogP contribution in [0.3, 0.4) is 0 Å². The van der Waals surface area contributed by atoms with Gasteiger partial charge in [0, 0.05) is 25.2 Å². The Morgan fingerprint density at radius 1 is 1.11 bits per heavy atom. The molecular formula is C21H22N2O4. The Balaban J connectivity index is 1.70. The molecule has 0 unspecified atom stereocenters. The van der Waals surface area contributed by atoms with Crippen molar-refractivity contribution < 1.29 is 14.5 Å². The first-order valence-electron chi connectivity index (χ1n) is 9.05. The van der Waals surface area contributed by atoms with Crippen molar-refractivity contribution in [1.29, 1.82) is 0 Å². The molecule has 140 valence electrons. The van der Waals surface area contributed by atoms with E-state index in [0.29, 0.717) is 5.56 Å². The van der Waals surface area contributed by atoms with Gasteiger partial charge in [-0.15, -0.1) is 0 Å². The van der Waals surface area contributed by atoms with Crippen LogP contribution in [-0.4, -0.2) is 28.8 Å². The predicted octanol–water partition coefficient (Wildman–Crippen LogP) is 4.20. The van der Waals surface area contributed by atoms with Crippen molar-refractivity contribution in [2.45, 2.75) is 25.9 Å². The average Bonchev–Trinajstić information content (AvgIpc) is 2.72. The first-order valence-corrected chi connectivity index (χ1v) is 9.05. The third kappa shape index (κ3) is 5.17. The van der Waals surface area contributed by atoms with Crippen LogP contribution in [0.2, 0.25) is 0 Å². The van der Waals surface area contributed by atoms with E-state index < -0.39 is 4.92 Å². The summed E-state index contributed by atoms with van der Waals surface area (Å²) < 4.78 is 5.62. The summed E-state index contributed by atoms with van der Waals surface area (Å²) in [6.45, 7) is 1.80. The number of benzene rings is 2. The Morgan fingerprint density at radius 3 is 2.56 bits per heavy atom. The summed E-state index contributed by atoms with van der Waals surface area (Å²) in [6.07, 6.45) is 6.31. The van der Waals surface area contributed by atoms with Gasteiger partial charge in [-0.2, -0.15) is 0 Å². The highest BCUT2D eigenvalue weighted by Gasteiger charge is 2.17. The van der Waals surface area contributed by atoms with Crippen molar-refractivity contribution >= 4 is 17.7 Å². The van der Waals surface area contributed by atoms with Gasteiger partial charge in [0.05, 0.1) is 4.92 Å². The Hall–Kier alpha value is -3.15. The summed E-state index contributed by atoms with van der Waals surface area (Å²) in [6, 6.07) is 14.2. The highest BCUT2D eigenvalue weighted by molar-refractivity contribution is 5.92. The van der Waals surface area contributed by atoms with Gasteiger partial charge < -0.3 is 9.64 Å². The zero-order valence-electron chi connectivity index (χ0n) is 15.0. The first-order chi connectivity index (χ1) is 13.1. The summed E-state index contributed by atoms with van der Waals surface area (Å²) >= 11 is 0. The summed E-state index contributed by atoms with van der Waals surface area (Å²) in [7, 11) is 0. The Bertz CT molecular complexity index is 827. The molecule has 1 amide bonds. The van der Waals surface area contributed by atoms with Gasteiger partial charge in [0.1, 0.15) is 6.61 Å². The molecule has 1 aliphatic heterocycles. The van der Waals surface area contributed by atoms with E-state index in [1.54, 1.807) is 18.2 Å². The van der Waals surface area contributed by atoms with E-state index in [9.17, 15) is 14.9 Å². The fourth-order valence-electron chi connectivity index (χ4n) is 3.03. The zero-order chi connectivity index (χ0) is 19.1. The van der Waals surface area contributed by atoms with E-state index in [-0.39, 0.29) is 24.0 Å². The van der Waals surface area contributed by atoms with Crippen molar-refractivity contribution in [3.8, 4) is 5.75 Å². The van der Waals surface area contributed by atoms with Crippen molar-refractivity contribution in [2.75, 3.05) is 13.1 Å². The third-order valence-corrected chi connectivity index (χ3v) is 4.50. The second-order valence-electron chi connectivity index (χ2n) is 6.48. The summed E-state index contributed by atoms with van der Waals surface area (Å²) in [4.78, 5) is 24.9. The molecule has 0 saturated carbocycles.